The van der Waals surface area contributed by atoms with Crippen LogP contribution in [0.2, 0.25) is 0 Å². The molecule has 2 N–H and O–H groups in total. The molecule has 3 aliphatic heterocycles. The molecule has 0 aromatic heterocycles. The molecule has 2 aromatic carbocycles. The average Bonchev–Trinajstić information content (AvgIpc) is 2.90. The van der Waals surface area contributed by atoms with Gasteiger partial charge < -0.3 is 20.4 Å². The number of likely N-dealkylation sites (tertiary alicyclic amines) is 1. The molecule has 6 rings (SSSR count). The Hall–Kier alpha value is -2.39. The fourth-order valence-electron chi connectivity index (χ4n) is 6.69. The molecule has 4 aliphatic rings. The topological polar surface area (TPSA) is 47.6 Å². The molecule has 3 heterocycles. The normalized spacial score (nSPS) is 20.6. The number of hydrogen-bond acceptors (Lipinski definition) is 5. The highest BCUT2D eigenvalue weighted by Gasteiger charge is 2.49. The summed E-state index contributed by atoms with van der Waals surface area (Å²) in [6.45, 7) is 4.92. The maximum absolute atomic E-state index is 13.9. The van der Waals surface area contributed by atoms with E-state index in [1.165, 1.54) is 42.2 Å². The number of amides is 1. The van der Waals surface area contributed by atoms with Gasteiger partial charge in [0.05, 0.1) is 5.56 Å². The van der Waals surface area contributed by atoms with Crippen LogP contribution in [0.25, 0.3) is 0 Å². The molecule has 3 fully saturated rings. The van der Waals surface area contributed by atoms with Crippen LogP contribution in [0.4, 0.5) is 24.5 Å². The Morgan fingerprint density at radius 3 is 2.58 bits per heavy atom. The molecular formula is C31H39F3N4OS. The smallest absolute Gasteiger partial charge is 0.385 e. The summed E-state index contributed by atoms with van der Waals surface area (Å²) in [5.74, 6) is 1.77. The van der Waals surface area contributed by atoms with Crippen LogP contribution in [-0.4, -0.2) is 62.4 Å². The zero-order chi connectivity index (χ0) is 27.7. The number of rotatable bonds is 8. The van der Waals surface area contributed by atoms with Crippen LogP contribution in [-0.2, 0) is 23.8 Å². The van der Waals surface area contributed by atoms with Crippen molar-refractivity contribution in [2.75, 3.05) is 61.8 Å². The molecule has 9 heteroatoms. The first-order valence-electron chi connectivity index (χ1n) is 14.7. The number of alkyl halides is 3. The van der Waals surface area contributed by atoms with Crippen molar-refractivity contribution in [1.29, 1.82) is 0 Å². The average molecular weight is 573 g/mol. The van der Waals surface area contributed by atoms with Gasteiger partial charge in [0.25, 0.3) is 0 Å². The molecule has 0 bridgehead atoms. The van der Waals surface area contributed by atoms with Crippen molar-refractivity contribution < 1.29 is 18.0 Å². The molecule has 5 nitrogen and oxygen atoms in total. The Labute approximate surface area is 239 Å². The van der Waals surface area contributed by atoms with Gasteiger partial charge in [0.2, 0.25) is 5.91 Å². The van der Waals surface area contributed by atoms with Crippen LogP contribution in [0.1, 0.15) is 48.8 Å². The number of nitrogens with one attached hydrogen (secondary N) is 2. The number of benzene rings is 2. The lowest BCUT2D eigenvalue weighted by atomic mass is 9.74. The van der Waals surface area contributed by atoms with Gasteiger partial charge in [0.15, 0.2) is 0 Å². The molecule has 0 radical (unpaired) electrons. The van der Waals surface area contributed by atoms with Crippen LogP contribution in [0.3, 0.4) is 0 Å². The van der Waals surface area contributed by atoms with Crippen LogP contribution in [0.15, 0.2) is 41.3 Å². The van der Waals surface area contributed by atoms with Gasteiger partial charge in [0.1, 0.15) is 0 Å². The van der Waals surface area contributed by atoms with E-state index in [2.05, 4.69) is 28.8 Å². The number of hydrogen-bond donors (Lipinski definition) is 2. The minimum atomic E-state index is -4.42. The van der Waals surface area contributed by atoms with E-state index in [4.69, 9.17) is 0 Å². The summed E-state index contributed by atoms with van der Waals surface area (Å²) >= 11 is 1.98. The molecule has 3 saturated heterocycles. The summed E-state index contributed by atoms with van der Waals surface area (Å²) in [5, 5.41) is 6.28. The molecule has 1 aliphatic carbocycles. The Balaban J connectivity index is 0.952. The number of nitrogens with zero attached hydrogens (tertiary/aromatic N) is 2. The van der Waals surface area contributed by atoms with Crippen LogP contribution in [0, 0.1) is 11.3 Å². The third-order valence-corrected chi connectivity index (χ3v) is 10.5. The lowest BCUT2D eigenvalue weighted by Gasteiger charge is -2.57. The molecule has 40 heavy (non-hydrogen) atoms. The minimum Gasteiger partial charge on any atom is -0.385 e. The molecule has 1 amide bonds. The number of aryl methyl sites for hydroxylation is 1. The summed E-state index contributed by atoms with van der Waals surface area (Å²) in [6.07, 6.45) is 2.83. The Morgan fingerprint density at radius 1 is 1.07 bits per heavy atom. The summed E-state index contributed by atoms with van der Waals surface area (Å²) < 4.78 is 41.6. The number of carbonyl (C=O) groups excluding carboxylic acids is 1. The molecule has 1 spiro atoms. The zero-order valence-electron chi connectivity index (χ0n) is 23.0. The fraction of sp³-hybridized carbons (Fsp3) is 0.581. The second kappa shape index (κ2) is 11.5. The fourth-order valence-corrected chi connectivity index (χ4v) is 8.03. The minimum absolute atomic E-state index is 0.0726. The molecular weight excluding hydrogens is 533 g/mol. The van der Waals surface area contributed by atoms with Gasteiger partial charge in [-0.1, -0.05) is 12.1 Å². The van der Waals surface area contributed by atoms with E-state index in [0.717, 1.165) is 44.8 Å². The van der Waals surface area contributed by atoms with Crippen LogP contribution < -0.4 is 15.5 Å². The maximum atomic E-state index is 13.9. The van der Waals surface area contributed by atoms with E-state index in [1.54, 1.807) is 17.7 Å². The van der Waals surface area contributed by atoms with E-state index < -0.39 is 11.7 Å². The van der Waals surface area contributed by atoms with Gasteiger partial charge >= 0.3 is 6.18 Å². The second-order valence-electron chi connectivity index (χ2n) is 12.1. The summed E-state index contributed by atoms with van der Waals surface area (Å²) in [6, 6.07) is 11.2. The van der Waals surface area contributed by atoms with Gasteiger partial charge in [-0.15, -0.1) is 11.8 Å². The molecule has 0 unspecified atom stereocenters. The highest BCUT2D eigenvalue weighted by atomic mass is 32.2. The second-order valence-corrected chi connectivity index (χ2v) is 13.2. The SMILES string of the molecule is O=C(CCNc1ccc(N2CC3(CNC3)C2)c(C(F)(F)F)c1)N1CCC(CSc2cccc3c2CCCC3)CC1. The maximum Gasteiger partial charge on any atom is 0.418 e. The van der Waals surface area contributed by atoms with Crippen molar-refractivity contribution in [2.45, 2.75) is 56.0 Å². The van der Waals surface area contributed by atoms with E-state index in [-0.39, 0.29) is 23.4 Å². The van der Waals surface area contributed by atoms with E-state index in [9.17, 15) is 18.0 Å². The van der Waals surface area contributed by atoms with E-state index >= 15 is 0 Å². The standard InChI is InChI=1S/C31H39F3N4OS/c32-31(33,34)26-16-24(8-9-27(26)38-20-30(21-38)18-35-19-30)36-13-10-29(39)37-14-11-22(12-15-37)17-40-28-7-3-5-23-4-1-2-6-25(23)28/h3,5,7-9,16,22,35-36H,1-2,4,6,10-15,17-21H2. The number of anilines is 2. The zero-order valence-corrected chi connectivity index (χ0v) is 23.8. The van der Waals surface area contributed by atoms with Crippen molar-refractivity contribution in [3.05, 3.63) is 53.1 Å². The third-order valence-electron chi connectivity index (χ3n) is 9.16. The number of piperidine rings is 1. The first-order chi connectivity index (χ1) is 19.3. The highest BCUT2D eigenvalue weighted by molar-refractivity contribution is 7.99. The molecule has 216 valence electrons. The van der Waals surface area contributed by atoms with E-state index in [1.807, 2.05) is 21.6 Å². The molecule has 2 aromatic rings. The first kappa shape index (κ1) is 27.8. The Kier molecular flexibility index (Phi) is 7.96. The van der Waals surface area contributed by atoms with Gasteiger partial charge in [-0.3, -0.25) is 4.79 Å². The quantitative estimate of drug-likeness (QED) is 0.390. The third kappa shape index (κ3) is 5.96. The number of halogens is 3. The van der Waals surface area contributed by atoms with Crippen molar-refractivity contribution in [2.24, 2.45) is 11.3 Å². The van der Waals surface area contributed by atoms with Crippen molar-refractivity contribution in [3.8, 4) is 0 Å². The Bertz CT molecular complexity index is 1220. The predicted molar refractivity (Wildman–Crippen MR) is 155 cm³/mol. The van der Waals surface area contributed by atoms with E-state index in [0.29, 0.717) is 31.2 Å². The number of fused-ring (bicyclic) bond motifs is 1. The van der Waals surface area contributed by atoms with Crippen LogP contribution in [0.5, 0.6) is 0 Å². The van der Waals surface area contributed by atoms with Gasteiger partial charge in [0, 0.05) is 79.7 Å². The predicted octanol–water partition coefficient (Wildman–Crippen LogP) is 5.83. The monoisotopic (exact) mass is 572 g/mol. The van der Waals surface area contributed by atoms with Gasteiger partial charge in [-0.2, -0.15) is 13.2 Å². The van der Waals surface area contributed by atoms with Crippen molar-refractivity contribution >= 4 is 29.0 Å². The Morgan fingerprint density at radius 2 is 1.85 bits per heavy atom. The van der Waals surface area contributed by atoms with Crippen molar-refractivity contribution in [1.82, 2.24) is 10.2 Å². The first-order valence-corrected chi connectivity index (χ1v) is 15.7. The van der Waals surface area contributed by atoms with Gasteiger partial charge in [-0.05, 0) is 79.8 Å². The number of carbonyl (C=O) groups is 1. The summed E-state index contributed by atoms with van der Waals surface area (Å²) in [5.41, 5.74) is 3.27. The number of thioether (sulfide) groups is 1. The van der Waals surface area contributed by atoms with Crippen molar-refractivity contribution in [3.63, 3.8) is 0 Å². The lowest BCUT2D eigenvalue weighted by molar-refractivity contribution is -0.137. The summed E-state index contributed by atoms with van der Waals surface area (Å²) in [7, 11) is 0. The molecule has 0 atom stereocenters. The van der Waals surface area contributed by atoms with Gasteiger partial charge in [-0.25, -0.2) is 0 Å². The van der Waals surface area contributed by atoms with Crippen LogP contribution >= 0.6 is 11.8 Å². The molecule has 0 saturated carbocycles. The highest BCUT2D eigenvalue weighted by Crippen LogP contribution is 2.44. The largest absolute Gasteiger partial charge is 0.418 e. The summed E-state index contributed by atoms with van der Waals surface area (Å²) in [4.78, 5) is 18.0. The lowest BCUT2D eigenvalue weighted by Crippen LogP contribution is -2.71.